The third kappa shape index (κ3) is 2.32. The molecule has 1 aromatic rings. The average molecular weight is 197 g/mol. The van der Waals surface area contributed by atoms with E-state index in [2.05, 4.69) is 5.10 Å². The number of nitrogens with zero attached hydrogens (tertiary/aromatic N) is 2. The molecule has 1 rings (SSSR count). The zero-order chi connectivity index (χ0) is 10.6. The number of aryl methyl sites for hydroxylation is 1. The highest BCUT2D eigenvalue weighted by Gasteiger charge is 2.11. The molecular weight excluding hydrogens is 186 g/mol. The van der Waals surface area contributed by atoms with Crippen molar-refractivity contribution >= 4 is 11.9 Å². The Hall–Kier alpha value is -1.85. The fourth-order valence-electron chi connectivity index (χ4n) is 1.07. The number of ketones is 1. The average Bonchev–Trinajstić information content (AvgIpc) is 2.61. The summed E-state index contributed by atoms with van der Waals surface area (Å²) >= 11 is 0. The Bertz CT molecular complexity index is 345. The first-order valence-corrected chi connectivity index (χ1v) is 4.17. The summed E-state index contributed by atoms with van der Waals surface area (Å²) in [6.45, 7) is 2.22. The maximum Gasteiger partial charge on any atom is 0.405 e. The summed E-state index contributed by atoms with van der Waals surface area (Å²) in [5, 5.41) is 14.2. The molecule has 0 aliphatic heterocycles. The third-order valence-electron chi connectivity index (χ3n) is 1.70. The van der Waals surface area contributed by atoms with Gasteiger partial charge in [0, 0.05) is 12.7 Å². The van der Waals surface area contributed by atoms with Crippen molar-refractivity contribution in [3.05, 3.63) is 18.0 Å². The molecule has 0 aliphatic carbocycles. The fraction of sp³-hybridized carbons (Fsp3) is 0.375. The first-order chi connectivity index (χ1) is 6.65. The number of amides is 1. The third-order valence-corrected chi connectivity index (χ3v) is 1.70. The maximum atomic E-state index is 11.4. The van der Waals surface area contributed by atoms with Crippen LogP contribution >= 0.6 is 0 Å². The number of rotatable bonds is 4. The maximum absolute atomic E-state index is 11.4. The zero-order valence-corrected chi connectivity index (χ0v) is 7.73. The van der Waals surface area contributed by atoms with Crippen LogP contribution in [0.5, 0.6) is 0 Å². The summed E-state index contributed by atoms with van der Waals surface area (Å²) in [5.41, 5.74) is 0.418. The molecule has 0 spiro atoms. The zero-order valence-electron chi connectivity index (χ0n) is 7.73. The highest BCUT2D eigenvalue weighted by Crippen LogP contribution is 1.99. The minimum atomic E-state index is -1.21. The Morgan fingerprint density at radius 3 is 2.93 bits per heavy atom. The van der Waals surface area contributed by atoms with E-state index in [-0.39, 0.29) is 12.3 Å². The van der Waals surface area contributed by atoms with Crippen LogP contribution in [0.25, 0.3) is 0 Å². The molecule has 0 saturated carbocycles. The van der Waals surface area contributed by atoms with Gasteiger partial charge in [-0.15, -0.1) is 0 Å². The van der Waals surface area contributed by atoms with Crippen LogP contribution < -0.4 is 5.32 Å². The van der Waals surface area contributed by atoms with E-state index in [0.29, 0.717) is 12.2 Å². The van der Waals surface area contributed by atoms with Crippen molar-refractivity contribution in [1.82, 2.24) is 15.1 Å². The van der Waals surface area contributed by atoms with Gasteiger partial charge < -0.3 is 10.4 Å². The predicted molar refractivity (Wildman–Crippen MR) is 48.3 cm³/mol. The van der Waals surface area contributed by atoms with E-state index in [0.717, 1.165) is 0 Å². The molecule has 0 aliphatic rings. The van der Waals surface area contributed by atoms with Crippen molar-refractivity contribution < 1.29 is 14.7 Å². The number of carboxylic acid groups (broad SMARTS) is 1. The summed E-state index contributed by atoms with van der Waals surface area (Å²) in [4.78, 5) is 21.5. The Kier molecular flexibility index (Phi) is 3.22. The van der Waals surface area contributed by atoms with Crippen LogP contribution in [0.15, 0.2) is 12.3 Å². The molecule has 14 heavy (non-hydrogen) atoms. The van der Waals surface area contributed by atoms with Crippen LogP contribution in [-0.4, -0.2) is 33.3 Å². The monoisotopic (exact) mass is 197 g/mol. The lowest BCUT2D eigenvalue weighted by Crippen LogP contribution is -2.29. The SMILES string of the molecule is CCn1nccc1C(=O)CNC(=O)O. The van der Waals surface area contributed by atoms with Gasteiger partial charge in [-0.05, 0) is 13.0 Å². The molecule has 1 heterocycles. The molecule has 2 N–H and O–H groups in total. The van der Waals surface area contributed by atoms with Crippen LogP contribution in [0.4, 0.5) is 4.79 Å². The van der Waals surface area contributed by atoms with Crippen LogP contribution in [-0.2, 0) is 6.54 Å². The van der Waals surface area contributed by atoms with E-state index < -0.39 is 6.09 Å². The number of Topliss-reactive ketones (excluding diaryl/α,β-unsaturated/α-hetero) is 1. The molecule has 0 bridgehead atoms. The highest BCUT2D eigenvalue weighted by atomic mass is 16.4. The van der Waals surface area contributed by atoms with E-state index in [4.69, 9.17) is 5.11 Å². The molecule has 76 valence electrons. The van der Waals surface area contributed by atoms with Crippen molar-refractivity contribution in [3.63, 3.8) is 0 Å². The van der Waals surface area contributed by atoms with Crippen molar-refractivity contribution in [2.24, 2.45) is 0 Å². The van der Waals surface area contributed by atoms with Gasteiger partial charge in [0.1, 0.15) is 5.69 Å². The van der Waals surface area contributed by atoms with Gasteiger partial charge in [0.05, 0.1) is 6.54 Å². The van der Waals surface area contributed by atoms with Gasteiger partial charge in [0.2, 0.25) is 0 Å². The Morgan fingerprint density at radius 1 is 1.64 bits per heavy atom. The second-order valence-electron chi connectivity index (χ2n) is 2.61. The predicted octanol–water partition coefficient (Wildman–Crippen LogP) is 0.353. The van der Waals surface area contributed by atoms with Gasteiger partial charge in [-0.2, -0.15) is 5.10 Å². The largest absolute Gasteiger partial charge is 0.465 e. The molecule has 0 unspecified atom stereocenters. The number of carbonyl (C=O) groups excluding carboxylic acids is 1. The van der Waals surface area contributed by atoms with Gasteiger partial charge in [0.25, 0.3) is 0 Å². The number of hydrogen-bond acceptors (Lipinski definition) is 3. The van der Waals surface area contributed by atoms with E-state index in [1.54, 1.807) is 6.07 Å². The van der Waals surface area contributed by atoms with Gasteiger partial charge >= 0.3 is 6.09 Å². The Morgan fingerprint density at radius 2 is 2.36 bits per heavy atom. The second-order valence-corrected chi connectivity index (χ2v) is 2.61. The molecular formula is C8H11N3O3. The van der Waals surface area contributed by atoms with Crippen molar-refractivity contribution in [2.75, 3.05) is 6.54 Å². The topological polar surface area (TPSA) is 84.2 Å². The minimum absolute atomic E-state index is 0.221. The summed E-state index contributed by atoms with van der Waals surface area (Å²) < 4.78 is 1.52. The van der Waals surface area contributed by atoms with E-state index in [9.17, 15) is 9.59 Å². The van der Waals surface area contributed by atoms with Crippen molar-refractivity contribution in [1.29, 1.82) is 0 Å². The Labute approximate surface area is 80.5 Å². The van der Waals surface area contributed by atoms with E-state index in [1.165, 1.54) is 10.9 Å². The summed E-state index contributed by atoms with van der Waals surface area (Å²) in [6, 6.07) is 1.56. The normalized spacial score (nSPS) is 9.79. The number of nitrogens with one attached hydrogen (secondary N) is 1. The minimum Gasteiger partial charge on any atom is -0.465 e. The standard InChI is InChI=1S/C8H11N3O3/c1-2-11-6(3-4-10-11)7(12)5-9-8(13)14/h3-4,9H,2,5H2,1H3,(H,13,14). The van der Waals surface area contributed by atoms with Crippen molar-refractivity contribution in [2.45, 2.75) is 13.5 Å². The van der Waals surface area contributed by atoms with E-state index in [1.807, 2.05) is 12.2 Å². The summed E-state index contributed by atoms with van der Waals surface area (Å²) in [7, 11) is 0. The van der Waals surface area contributed by atoms with Crippen molar-refractivity contribution in [3.8, 4) is 0 Å². The first kappa shape index (κ1) is 10.2. The lowest BCUT2D eigenvalue weighted by molar-refractivity contribution is 0.0977. The van der Waals surface area contributed by atoms with Gasteiger partial charge in [-0.3, -0.25) is 9.48 Å². The lowest BCUT2D eigenvalue weighted by Gasteiger charge is -2.03. The van der Waals surface area contributed by atoms with Crippen LogP contribution in [0.1, 0.15) is 17.4 Å². The van der Waals surface area contributed by atoms with Crippen LogP contribution in [0.2, 0.25) is 0 Å². The molecule has 1 aromatic heterocycles. The number of carbonyl (C=O) groups is 2. The lowest BCUT2D eigenvalue weighted by atomic mass is 10.3. The molecule has 6 heteroatoms. The van der Waals surface area contributed by atoms with Crippen LogP contribution in [0.3, 0.4) is 0 Å². The molecule has 0 saturated heterocycles. The molecule has 0 atom stereocenters. The smallest absolute Gasteiger partial charge is 0.405 e. The van der Waals surface area contributed by atoms with Gasteiger partial charge in [0.15, 0.2) is 5.78 Å². The molecule has 6 nitrogen and oxygen atoms in total. The van der Waals surface area contributed by atoms with Gasteiger partial charge in [-0.1, -0.05) is 0 Å². The number of aromatic nitrogens is 2. The molecule has 1 amide bonds. The molecule has 0 aromatic carbocycles. The summed E-state index contributed by atoms with van der Waals surface area (Å²) in [6.07, 6.45) is 0.304. The van der Waals surface area contributed by atoms with E-state index >= 15 is 0 Å². The Balaban J connectivity index is 2.64. The highest BCUT2D eigenvalue weighted by molar-refractivity contribution is 5.97. The number of hydrogen-bond donors (Lipinski definition) is 2. The first-order valence-electron chi connectivity index (χ1n) is 4.17. The second kappa shape index (κ2) is 4.40. The fourth-order valence-corrected chi connectivity index (χ4v) is 1.07. The summed E-state index contributed by atoms with van der Waals surface area (Å²) in [5.74, 6) is -0.285. The van der Waals surface area contributed by atoms with Gasteiger partial charge in [-0.25, -0.2) is 4.79 Å². The molecule has 0 radical (unpaired) electrons. The molecule has 0 fully saturated rings. The van der Waals surface area contributed by atoms with Crippen LogP contribution in [0, 0.1) is 0 Å². The quantitative estimate of drug-likeness (QED) is 0.682.